The first-order valence-electron chi connectivity index (χ1n) is 8.20. The number of aliphatic imine (C=N–C) groups is 1. The highest BCUT2D eigenvalue weighted by molar-refractivity contribution is 8.18. The first-order chi connectivity index (χ1) is 13.2. The van der Waals surface area contributed by atoms with E-state index >= 15 is 0 Å². The first kappa shape index (κ1) is 17.6. The molecule has 0 bridgehead atoms. The van der Waals surface area contributed by atoms with Gasteiger partial charge in [-0.25, -0.2) is 0 Å². The third-order valence-electron chi connectivity index (χ3n) is 3.86. The molecule has 3 heterocycles. The summed E-state index contributed by atoms with van der Waals surface area (Å²) in [5, 5.41) is 11.0. The molecule has 0 aliphatic carbocycles. The molecule has 0 unspecified atom stereocenters. The lowest BCUT2D eigenvalue weighted by Gasteiger charge is -2.11. The molecule has 0 atom stereocenters. The SMILES string of the molecule is C=CCN1C(=O)/C(=C/c2cccc3cccnc23)SC1=Nc1nnc(C)s1. The average Bonchev–Trinajstić information content (AvgIpc) is 3.21. The first-order valence-corrected chi connectivity index (χ1v) is 9.84. The van der Waals surface area contributed by atoms with E-state index in [1.165, 1.54) is 23.1 Å². The van der Waals surface area contributed by atoms with Crippen LogP contribution in [0.25, 0.3) is 17.0 Å². The minimum absolute atomic E-state index is 0.104. The third kappa shape index (κ3) is 3.54. The molecule has 0 radical (unpaired) electrons. The average molecular weight is 393 g/mol. The highest BCUT2D eigenvalue weighted by Crippen LogP contribution is 2.35. The van der Waals surface area contributed by atoms with E-state index in [4.69, 9.17) is 0 Å². The molecule has 1 fully saturated rings. The summed E-state index contributed by atoms with van der Waals surface area (Å²) in [5.41, 5.74) is 1.76. The Morgan fingerprint density at radius 1 is 1.26 bits per heavy atom. The van der Waals surface area contributed by atoms with Gasteiger partial charge in [0.15, 0.2) is 5.17 Å². The number of hydrogen-bond acceptors (Lipinski definition) is 7. The summed E-state index contributed by atoms with van der Waals surface area (Å²) in [5.74, 6) is -0.104. The van der Waals surface area contributed by atoms with E-state index in [1.54, 1.807) is 17.2 Å². The van der Waals surface area contributed by atoms with Crippen molar-refractivity contribution in [1.82, 2.24) is 20.1 Å². The summed E-state index contributed by atoms with van der Waals surface area (Å²) in [7, 11) is 0. The monoisotopic (exact) mass is 393 g/mol. The van der Waals surface area contributed by atoms with Crippen LogP contribution in [0.2, 0.25) is 0 Å². The van der Waals surface area contributed by atoms with Crippen LogP contribution >= 0.6 is 23.1 Å². The predicted molar refractivity (Wildman–Crippen MR) is 111 cm³/mol. The molecular weight excluding hydrogens is 378 g/mol. The van der Waals surface area contributed by atoms with Crippen LogP contribution in [0.3, 0.4) is 0 Å². The lowest BCUT2D eigenvalue weighted by Crippen LogP contribution is -2.29. The molecule has 1 aromatic carbocycles. The zero-order chi connectivity index (χ0) is 18.8. The molecule has 0 saturated carbocycles. The third-order valence-corrected chi connectivity index (χ3v) is 5.60. The minimum atomic E-state index is -0.104. The van der Waals surface area contributed by atoms with Crippen molar-refractivity contribution in [2.75, 3.05) is 6.54 Å². The molecule has 2 aromatic heterocycles. The van der Waals surface area contributed by atoms with Gasteiger partial charge in [0.2, 0.25) is 5.13 Å². The maximum Gasteiger partial charge on any atom is 0.267 e. The van der Waals surface area contributed by atoms with Gasteiger partial charge in [0, 0.05) is 23.7 Å². The molecule has 6 nitrogen and oxygen atoms in total. The van der Waals surface area contributed by atoms with Crippen molar-refractivity contribution in [1.29, 1.82) is 0 Å². The molecule has 0 spiro atoms. The van der Waals surface area contributed by atoms with Crippen molar-refractivity contribution in [3.63, 3.8) is 0 Å². The number of carbonyl (C=O) groups excluding carboxylic acids is 1. The van der Waals surface area contributed by atoms with Gasteiger partial charge < -0.3 is 0 Å². The molecule has 8 heteroatoms. The summed E-state index contributed by atoms with van der Waals surface area (Å²) in [6.07, 6.45) is 5.30. The van der Waals surface area contributed by atoms with E-state index in [0.29, 0.717) is 21.7 Å². The smallest absolute Gasteiger partial charge is 0.267 e. The van der Waals surface area contributed by atoms with Crippen LogP contribution in [0, 0.1) is 6.92 Å². The van der Waals surface area contributed by atoms with Crippen LogP contribution in [0.15, 0.2) is 59.1 Å². The molecule has 1 aliphatic heterocycles. The number of amidine groups is 1. The summed E-state index contributed by atoms with van der Waals surface area (Å²) >= 11 is 2.71. The quantitative estimate of drug-likeness (QED) is 0.491. The Hall–Kier alpha value is -2.84. The fourth-order valence-corrected chi connectivity index (χ4v) is 4.28. The largest absolute Gasteiger partial charge is 0.282 e. The number of rotatable bonds is 4. The van der Waals surface area contributed by atoms with Gasteiger partial charge in [0.05, 0.1) is 10.4 Å². The van der Waals surface area contributed by atoms with Crippen LogP contribution in [0.5, 0.6) is 0 Å². The van der Waals surface area contributed by atoms with Crippen molar-refractivity contribution in [2.45, 2.75) is 6.92 Å². The fraction of sp³-hybridized carbons (Fsp3) is 0.105. The molecule has 134 valence electrons. The Labute approximate surface area is 164 Å². The zero-order valence-electron chi connectivity index (χ0n) is 14.5. The molecular formula is C19H15N5OS2. The van der Waals surface area contributed by atoms with Crippen molar-refractivity contribution in [3.05, 3.63) is 64.7 Å². The number of carbonyl (C=O) groups is 1. The van der Waals surface area contributed by atoms with E-state index in [2.05, 4.69) is 26.8 Å². The summed E-state index contributed by atoms with van der Waals surface area (Å²) in [4.78, 5) is 24.0. The molecule has 1 saturated heterocycles. The maximum atomic E-state index is 12.9. The van der Waals surface area contributed by atoms with Gasteiger partial charge in [-0.05, 0) is 30.8 Å². The molecule has 1 aliphatic rings. The van der Waals surface area contributed by atoms with Gasteiger partial charge in [0.25, 0.3) is 5.91 Å². The van der Waals surface area contributed by atoms with E-state index < -0.39 is 0 Å². The van der Waals surface area contributed by atoms with Gasteiger partial charge in [-0.1, -0.05) is 41.7 Å². The molecule has 0 N–H and O–H groups in total. The number of benzene rings is 1. The number of aromatic nitrogens is 3. The number of amides is 1. The van der Waals surface area contributed by atoms with Gasteiger partial charge >= 0.3 is 0 Å². The highest BCUT2D eigenvalue weighted by Gasteiger charge is 2.33. The molecule has 27 heavy (non-hydrogen) atoms. The highest BCUT2D eigenvalue weighted by atomic mass is 32.2. The van der Waals surface area contributed by atoms with Crippen molar-refractivity contribution >= 4 is 56.3 Å². The Bertz CT molecular complexity index is 1100. The molecule has 4 rings (SSSR count). The predicted octanol–water partition coefficient (Wildman–Crippen LogP) is 4.18. The van der Waals surface area contributed by atoms with Crippen LogP contribution in [-0.2, 0) is 4.79 Å². The molecule has 3 aromatic rings. The van der Waals surface area contributed by atoms with Crippen molar-refractivity contribution in [2.24, 2.45) is 4.99 Å². The van der Waals surface area contributed by atoms with Crippen LogP contribution in [-0.4, -0.2) is 37.7 Å². The Kier molecular flexibility index (Phi) is 4.83. The number of nitrogens with zero attached hydrogens (tertiary/aromatic N) is 5. The van der Waals surface area contributed by atoms with Crippen LogP contribution in [0.4, 0.5) is 5.13 Å². The second kappa shape index (κ2) is 7.42. The topological polar surface area (TPSA) is 71.3 Å². The number of hydrogen-bond donors (Lipinski definition) is 0. The maximum absolute atomic E-state index is 12.9. The van der Waals surface area contributed by atoms with E-state index in [9.17, 15) is 4.79 Å². The standard InChI is InChI=1S/C19H15N5OS2/c1-3-10-24-17(25)15(27-19(24)21-18-23-22-12(2)26-18)11-14-7-4-6-13-8-5-9-20-16(13)14/h3-9,11H,1,10H2,2H3/b15-11-,21-19?. The van der Waals surface area contributed by atoms with E-state index in [1.807, 2.05) is 43.3 Å². The number of aryl methyl sites for hydroxylation is 1. The second-order valence-electron chi connectivity index (χ2n) is 5.74. The summed E-state index contributed by atoms with van der Waals surface area (Å²) < 4.78 is 0. The zero-order valence-corrected chi connectivity index (χ0v) is 16.1. The second-order valence-corrected chi connectivity index (χ2v) is 7.90. The number of thioether (sulfide) groups is 1. The Balaban J connectivity index is 1.75. The molecule has 1 amide bonds. The summed E-state index contributed by atoms with van der Waals surface area (Å²) in [6.45, 7) is 5.99. The van der Waals surface area contributed by atoms with Crippen molar-refractivity contribution in [3.8, 4) is 0 Å². The van der Waals surface area contributed by atoms with Gasteiger partial charge in [-0.15, -0.1) is 16.8 Å². The van der Waals surface area contributed by atoms with Crippen molar-refractivity contribution < 1.29 is 4.79 Å². The summed E-state index contributed by atoms with van der Waals surface area (Å²) in [6, 6.07) is 9.82. The van der Waals surface area contributed by atoms with Crippen LogP contribution in [0.1, 0.15) is 10.6 Å². The minimum Gasteiger partial charge on any atom is -0.282 e. The normalized spacial score (nSPS) is 17.4. The Morgan fingerprint density at radius 3 is 2.89 bits per heavy atom. The van der Waals surface area contributed by atoms with E-state index in [0.717, 1.165) is 21.5 Å². The number of fused-ring (bicyclic) bond motifs is 1. The van der Waals surface area contributed by atoms with Gasteiger partial charge in [-0.2, -0.15) is 4.99 Å². The van der Waals surface area contributed by atoms with Gasteiger partial charge in [-0.3, -0.25) is 14.7 Å². The number of pyridine rings is 1. The van der Waals surface area contributed by atoms with E-state index in [-0.39, 0.29) is 5.91 Å². The number of para-hydroxylation sites is 1. The lowest BCUT2D eigenvalue weighted by molar-refractivity contribution is -0.121. The fourth-order valence-electron chi connectivity index (χ4n) is 2.68. The Morgan fingerprint density at radius 2 is 2.11 bits per heavy atom. The van der Waals surface area contributed by atoms with Gasteiger partial charge in [0.1, 0.15) is 5.01 Å². The van der Waals surface area contributed by atoms with Crippen LogP contribution < -0.4 is 0 Å². The lowest BCUT2D eigenvalue weighted by atomic mass is 10.1.